The van der Waals surface area contributed by atoms with Gasteiger partial charge in [-0.15, -0.1) is 0 Å². The fraction of sp³-hybridized carbons (Fsp3) is 0.846. The number of ether oxygens (including phenoxy) is 4. The third kappa shape index (κ3) is 1.53. The smallest absolute Gasteiger partial charge is 0.317 e. The molecule has 0 unspecified atom stereocenters. The van der Waals surface area contributed by atoms with E-state index in [0.29, 0.717) is 6.42 Å². The maximum absolute atomic E-state index is 12.1. The van der Waals surface area contributed by atoms with Crippen LogP contribution in [-0.4, -0.2) is 42.6 Å². The Morgan fingerprint density at radius 3 is 2.68 bits per heavy atom. The molecule has 0 aromatic rings. The maximum Gasteiger partial charge on any atom is 0.317 e. The van der Waals surface area contributed by atoms with Gasteiger partial charge in [0.15, 0.2) is 12.1 Å². The summed E-state index contributed by atoms with van der Waals surface area (Å²) in [5.74, 6) is -1.99. The van der Waals surface area contributed by atoms with Crippen LogP contribution in [0.15, 0.2) is 0 Å². The van der Waals surface area contributed by atoms with Crippen LogP contribution in [-0.2, 0) is 28.5 Å². The number of carbonyl (C=O) groups is 2. The second kappa shape index (κ2) is 3.56. The van der Waals surface area contributed by atoms with Crippen LogP contribution in [0.5, 0.6) is 0 Å². The minimum Gasteiger partial charge on any atom is -0.465 e. The molecule has 0 aromatic heterocycles. The van der Waals surface area contributed by atoms with Crippen molar-refractivity contribution in [2.24, 2.45) is 17.8 Å². The van der Waals surface area contributed by atoms with Gasteiger partial charge in [-0.3, -0.25) is 9.59 Å². The van der Waals surface area contributed by atoms with Crippen LogP contribution in [0.4, 0.5) is 0 Å². The molecule has 0 radical (unpaired) electrons. The second-order valence-corrected chi connectivity index (χ2v) is 6.18. The van der Waals surface area contributed by atoms with Gasteiger partial charge in [-0.25, -0.2) is 0 Å². The van der Waals surface area contributed by atoms with Crippen LogP contribution in [0, 0.1) is 17.8 Å². The molecule has 3 heterocycles. The summed E-state index contributed by atoms with van der Waals surface area (Å²) >= 11 is 0. The maximum atomic E-state index is 12.1. The Labute approximate surface area is 110 Å². The summed E-state index contributed by atoms with van der Waals surface area (Å²) in [5.41, 5.74) is 0. The first kappa shape index (κ1) is 11.8. The van der Waals surface area contributed by atoms with Crippen molar-refractivity contribution in [2.45, 2.75) is 44.6 Å². The van der Waals surface area contributed by atoms with Gasteiger partial charge in [-0.05, 0) is 13.8 Å². The number of carbonyl (C=O) groups excluding carboxylic acids is 2. The molecule has 3 aliphatic heterocycles. The summed E-state index contributed by atoms with van der Waals surface area (Å²) in [6.07, 6.45) is -0.533. The van der Waals surface area contributed by atoms with E-state index < -0.39 is 24.0 Å². The van der Waals surface area contributed by atoms with Gasteiger partial charge in [0.05, 0.1) is 12.7 Å². The van der Waals surface area contributed by atoms with Crippen LogP contribution < -0.4 is 0 Å². The average Bonchev–Trinajstić information content (AvgIpc) is 2.91. The van der Waals surface area contributed by atoms with E-state index in [1.165, 1.54) is 0 Å². The molecule has 0 aromatic carbocycles. The third-order valence-electron chi connectivity index (χ3n) is 4.53. The van der Waals surface area contributed by atoms with E-state index in [9.17, 15) is 9.59 Å². The highest BCUT2D eigenvalue weighted by Crippen LogP contribution is 2.49. The van der Waals surface area contributed by atoms with Crippen molar-refractivity contribution in [3.63, 3.8) is 0 Å². The molecular weight excluding hydrogens is 252 g/mol. The second-order valence-electron chi connectivity index (χ2n) is 6.18. The number of cyclic esters (lactones) is 1. The van der Waals surface area contributed by atoms with Gasteiger partial charge in [-0.2, -0.15) is 0 Å². The van der Waals surface area contributed by atoms with Crippen molar-refractivity contribution in [3.05, 3.63) is 0 Å². The Morgan fingerprint density at radius 1 is 1.11 bits per heavy atom. The Balaban J connectivity index is 1.63. The van der Waals surface area contributed by atoms with E-state index in [2.05, 4.69) is 0 Å². The lowest BCUT2D eigenvalue weighted by Gasteiger charge is -2.33. The summed E-state index contributed by atoms with van der Waals surface area (Å²) in [6.45, 7) is 3.93. The zero-order valence-electron chi connectivity index (χ0n) is 10.8. The summed E-state index contributed by atoms with van der Waals surface area (Å²) in [7, 11) is 0. The van der Waals surface area contributed by atoms with Gasteiger partial charge in [0.2, 0.25) is 0 Å². The molecule has 4 rings (SSSR count). The molecule has 6 nitrogen and oxygen atoms in total. The topological polar surface area (TPSA) is 71.1 Å². The molecule has 3 saturated heterocycles. The number of rotatable bonds is 0. The van der Waals surface area contributed by atoms with Crippen molar-refractivity contribution in [3.8, 4) is 0 Å². The van der Waals surface area contributed by atoms with E-state index in [1.54, 1.807) is 0 Å². The fourth-order valence-corrected chi connectivity index (χ4v) is 3.80. The van der Waals surface area contributed by atoms with Crippen molar-refractivity contribution < 1.29 is 28.5 Å². The summed E-state index contributed by atoms with van der Waals surface area (Å²) in [5, 5.41) is 0. The van der Waals surface area contributed by atoms with Gasteiger partial charge in [0.1, 0.15) is 17.8 Å². The number of ketones is 1. The van der Waals surface area contributed by atoms with Crippen LogP contribution in [0.1, 0.15) is 20.3 Å². The minimum atomic E-state index is -0.678. The fourth-order valence-electron chi connectivity index (χ4n) is 3.80. The molecular formula is C13H16O6. The van der Waals surface area contributed by atoms with E-state index in [0.717, 1.165) is 0 Å². The third-order valence-corrected chi connectivity index (χ3v) is 4.53. The Morgan fingerprint density at radius 2 is 1.89 bits per heavy atom. The molecule has 19 heavy (non-hydrogen) atoms. The van der Waals surface area contributed by atoms with E-state index in [-0.39, 0.29) is 36.4 Å². The summed E-state index contributed by atoms with van der Waals surface area (Å²) in [4.78, 5) is 23.7. The van der Waals surface area contributed by atoms with Gasteiger partial charge < -0.3 is 18.9 Å². The number of Topliss-reactive ketones (excluding diaryl/α,β-unsaturated/α-hetero) is 1. The largest absolute Gasteiger partial charge is 0.465 e. The first-order valence-electron chi connectivity index (χ1n) is 6.67. The zero-order chi connectivity index (χ0) is 13.4. The Hall–Kier alpha value is -0.980. The molecule has 1 aliphatic carbocycles. The van der Waals surface area contributed by atoms with Gasteiger partial charge in [0.25, 0.3) is 0 Å². The minimum absolute atomic E-state index is 0.0324. The first-order valence-corrected chi connectivity index (χ1v) is 6.67. The van der Waals surface area contributed by atoms with Crippen molar-refractivity contribution in [1.82, 2.24) is 0 Å². The molecule has 0 N–H and O–H groups in total. The van der Waals surface area contributed by atoms with Gasteiger partial charge in [0, 0.05) is 18.3 Å². The molecule has 6 atom stereocenters. The molecule has 104 valence electrons. The number of hydrogen-bond acceptors (Lipinski definition) is 6. The summed E-state index contributed by atoms with van der Waals surface area (Å²) in [6, 6.07) is 0. The molecule has 6 heteroatoms. The number of fused-ring (bicyclic) bond motifs is 5. The van der Waals surface area contributed by atoms with Crippen molar-refractivity contribution in [1.29, 1.82) is 0 Å². The number of esters is 1. The standard InChI is InChI=1S/C13H16O6/c1-13(2)18-10-5-3-7(14)8-6(4-16-11(8)15)9(5)17-12(10)19-13/h5-6,8-10,12H,3-4H2,1-2H3/t5-,6-,8+,9+,10-,12-/m1/s1. The lowest BCUT2D eigenvalue weighted by Crippen LogP contribution is -2.46. The lowest BCUT2D eigenvalue weighted by molar-refractivity contribution is -0.219. The lowest BCUT2D eigenvalue weighted by atomic mass is 9.72. The normalized spacial score (nSPS) is 50.6. The van der Waals surface area contributed by atoms with E-state index in [1.807, 2.05) is 13.8 Å². The zero-order valence-corrected chi connectivity index (χ0v) is 10.8. The Kier molecular flexibility index (Phi) is 2.21. The van der Waals surface area contributed by atoms with Gasteiger partial charge >= 0.3 is 5.97 Å². The van der Waals surface area contributed by atoms with Crippen LogP contribution >= 0.6 is 0 Å². The SMILES string of the molecule is CC1(C)O[C@H]2O[C@@H]3[C@@H]4COC(=O)[C@@H]4C(=O)C[C@H]3[C@H]2O1. The van der Waals surface area contributed by atoms with E-state index in [4.69, 9.17) is 18.9 Å². The highest BCUT2D eigenvalue weighted by molar-refractivity contribution is 6.01. The van der Waals surface area contributed by atoms with Crippen LogP contribution in [0.25, 0.3) is 0 Å². The van der Waals surface area contributed by atoms with Crippen molar-refractivity contribution in [2.75, 3.05) is 6.61 Å². The predicted octanol–water partition coefficient (Wildman–Crippen LogP) is 0.241. The Bertz CT molecular complexity index is 458. The predicted molar refractivity (Wildman–Crippen MR) is 59.8 cm³/mol. The molecule has 0 bridgehead atoms. The molecule has 4 fully saturated rings. The molecule has 4 aliphatic rings. The van der Waals surface area contributed by atoms with Gasteiger partial charge in [-0.1, -0.05) is 0 Å². The average molecular weight is 268 g/mol. The van der Waals surface area contributed by atoms with Crippen molar-refractivity contribution >= 4 is 11.8 Å². The van der Waals surface area contributed by atoms with Crippen LogP contribution in [0.3, 0.4) is 0 Å². The monoisotopic (exact) mass is 268 g/mol. The van der Waals surface area contributed by atoms with E-state index >= 15 is 0 Å². The molecule has 0 spiro atoms. The highest BCUT2D eigenvalue weighted by atomic mass is 16.8. The number of hydrogen-bond donors (Lipinski definition) is 0. The van der Waals surface area contributed by atoms with Crippen LogP contribution in [0.2, 0.25) is 0 Å². The first-order chi connectivity index (χ1) is 8.96. The summed E-state index contributed by atoms with van der Waals surface area (Å²) < 4.78 is 22.5. The molecule has 1 saturated carbocycles. The highest BCUT2D eigenvalue weighted by Gasteiger charge is 2.63. The quantitative estimate of drug-likeness (QED) is 0.463. The molecule has 0 amide bonds.